The molecule has 0 aromatic carbocycles. The van der Waals surface area contributed by atoms with Crippen molar-refractivity contribution in [1.29, 1.82) is 0 Å². The first-order valence-corrected chi connectivity index (χ1v) is 6.12. The Kier molecular flexibility index (Phi) is 5.08. The second kappa shape index (κ2) is 6.12. The predicted molar refractivity (Wildman–Crippen MR) is 64.5 cm³/mol. The minimum absolute atomic E-state index is 0.0143. The molecule has 0 spiro atoms. The summed E-state index contributed by atoms with van der Waals surface area (Å²) in [4.78, 5) is 25.2. The maximum Gasteiger partial charge on any atom is 0.247 e. The monoisotopic (exact) mass is 242 g/mol. The van der Waals surface area contributed by atoms with Gasteiger partial charge in [-0.15, -0.1) is 0 Å². The maximum atomic E-state index is 12.1. The predicted octanol–water partition coefficient (Wildman–Crippen LogP) is 0.537. The summed E-state index contributed by atoms with van der Waals surface area (Å²) in [5, 5.41) is 3.13. The second-order valence-electron chi connectivity index (χ2n) is 4.64. The number of hydrogen-bond acceptors (Lipinski definition) is 4. The highest BCUT2D eigenvalue weighted by Gasteiger charge is 2.40. The third-order valence-corrected chi connectivity index (χ3v) is 3.12. The van der Waals surface area contributed by atoms with Crippen LogP contribution in [-0.4, -0.2) is 48.6 Å². The number of nitrogens with zero attached hydrogens (tertiary/aromatic N) is 1. The van der Waals surface area contributed by atoms with Crippen LogP contribution in [0.15, 0.2) is 0 Å². The Labute approximate surface area is 102 Å². The van der Waals surface area contributed by atoms with Crippen molar-refractivity contribution in [3.8, 4) is 0 Å². The molecule has 0 radical (unpaired) electrons. The lowest BCUT2D eigenvalue weighted by Gasteiger charge is -2.22. The summed E-state index contributed by atoms with van der Waals surface area (Å²) in [6.45, 7) is 6.34. The summed E-state index contributed by atoms with van der Waals surface area (Å²) in [6.07, 6.45) is 1.05. The Morgan fingerprint density at radius 2 is 2.12 bits per heavy atom. The van der Waals surface area contributed by atoms with Crippen LogP contribution < -0.4 is 5.32 Å². The molecule has 1 aliphatic rings. The molecular weight excluding hydrogens is 220 g/mol. The molecule has 3 atom stereocenters. The highest BCUT2D eigenvalue weighted by atomic mass is 16.5. The van der Waals surface area contributed by atoms with E-state index in [1.54, 1.807) is 7.11 Å². The van der Waals surface area contributed by atoms with Gasteiger partial charge in [0.05, 0.1) is 19.1 Å². The smallest absolute Gasteiger partial charge is 0.247 e. The molecule has 1 saturated heterocycles. The van der Waals surface area contributed by atoms with Crippen LogP contribution >= 0.6 is 0 Å². The van der Waals surface area contributed by atoms with E-state index < -0.39 is 0 Å². The first-order valence-electron chi connectivity index (χ1n) is 6.12. The zero-order chi connectivity index (χ0) is 13.0. The third kappa shape index (κ3) is 3.26. The lowest BCUT2D eigenvalue weighted by Crippen LogP contribution is -2.46. The fraction of sp³-hybridized carbons (Fsp3) is 0.833. The molecule has 2 amide bonds. The number of carbonyl (C=O) groups is 2. The van der Waals surface area contributed by atoms with Gasteiger partial charge in [0.2, 0.25) is 11.8 Å². The quantitative estimate of drug-likeness (QED) is 0.691. The number of nitrogens with one attached hydrogen (secondary N) is 1. The summed E-state index contributed by atoms with van der Waals surface area (Å²) in [6, 6.07) is -0.334. The topological polar surface area (TPSA) is 58.6 Å². The van der Waals surface area contributed by atoms with Crippen molar-refractivity contribution in [3.63, 3.8) is 0 Å². The van der Waals surface area contributed by atoms with Crippen LogP contribution in [0.3, 0.4) is 0 Å². The van der Waals surface area contributed by atoms with Gasteiger partial charge < -0.3 is 10.1 Å². The molecule has 0 saturated carbocycles. The second-order valence-corrected chi connectivity index (χ2v) is 4.64. The molecule has 0 aliphatic carbocycles. The van der Waals surface area contributed by atoms with Crippen LogP contribution in [0.4, 0.5) is 0 Å². The minimum Gasteiger partial charge on any atom is -0.383 e. The van der Waals surface area contributed by atoms with Crippen LogP contribution in [0.25, 0.3) is 0 Å². The summed E-state index contributed by atoms with van der Waals surface area (Å²) >= 11 is 0. The number of ether oxygens (including phenoxy) is 1. The van der Waals surface area contributed by atoms with E-state index in [-0.39, 0.29) is 36.4 Å². The van der Waals surface area contributed by atoms with Gasteiger partial charge in [-0.05, 0) is 20.3 Å². The van der Waals surface area contributed by atoms with Crippen molar-refractivity contribution in [2.75, 3.05) is 13.7 Å². The Hall–Kier alpha value is -0.940. The summed E-state index contributed by atoms with van der Waals surface area (Å²) in [5.74, 6) is -0.182. The van der Waals surface area contributed by atoms with Gasteiger partial charge in [-0.2, -0.15) is 0 Å². The highest BCUT2D eigenvalue weighted by Crippen LogP contribution is 2.18. The van der Waals surface area contributed by atoms with E-state index in [0.29, 0.717) is 6.61 Å². The molecule has 5 nitrogen and oxygen atoms in total. The maximum absolute atomic E-state index is 12.1. The molecule has 1 rings (SSSR count). The molecule has 17 heavy (non-hydrogen) atoms. The Morgan fingerprint density at radius 3 is 2.65 bits per heavy atom. The number of likely N-dealkylation sites (tertiary alicyclic amines) is 1. The number of amides is 2. The molecule has 1 N–H and O–H groups in total. The standard InChI is InChI=1S/C12H22N2O3/c1-5-9(3)14-11(15)6-10(12(14)16)13-8(2)7-17-4/h8-10,13H,5-7H2,1-4H3. The van der Waals surface area contributed by atoms with Gasteiger partial charge in [0, 0.05) is 19.2 Å². The zero-order valence-corrected chi connectivity index (χ0v) is 11.0. The van der Waals surface area contributed by atoms with Crippen molar-refractivity contribution < 1.29 is 14.3 Å². The molecule has 0 aromatic rings. The Bertz CT molecular complexity index is 293. The molecule has 1 fully saturated rings. The lowest BCUT2D eigenvalue weighted by atomic mass is 10.2. The minimum atomic E-state index is -0.387. The van der Waals surface area contributed by atoms with E-state index in [9.17, 15) is 9.59 Å². The number of methoxy groups -OCH3 is 1. The molecule has 0 bridgehead atoms. The average Bonchev–Trinajstić information content (AvgIpc) is 2.54. The van der Waals surface area contributed by atoms with E-state index >= 15 is 0 Å². The van der Waals surface area contributed by atoms with Crippen LogP contribution in [-0.2, 0) is 14.3 Å². The number of imide groups is 1. The van der Waals surface area contributed by atoms with E-state index in [4.69, 9.17) is 4.74 Å². The van der Waals surface area contributed by atoms with Gasteiger partial charge in [0.15, 0.2) is 0 Å². The molecular formula is C12H22N2O3. The van der Waals surface area contributed by atoms with Crippen LogP contribution in [0.5, 0.6) is 0 Å². The van der Waals surface area contributed by atoms with E-state index in [2.05, 4.69) is 5.32 Å². The van der Waals surface area contributed by atoms with E-state index in [1.165, 1.54) is 4.90 Å². The lowest BCUT2D eigenvalue weighted by molar-refractivity contribution is -0.141. The Balaban J connectivity index is 2.61. The fourth-order valence-corrected chi connectivity index (χ4v) is 2.07. The number of carbonyl (C=O) groups excluding carboxylic acids is 2. The van der Waals surface area contributed by atoms with Crippen molar-refractivity contribution in [2.45, 2.75) is 51.7 Å². The molecule has 98 valence electrons. The first kappa shape index (κ1) is 14.1. The van der Waals surface area contributed by atoms with Crippen molar-refractivity contribution in [2.24, 2.45) is 0 Å². The van der Waals surface area contributed by atoms with Crippen LogP contribution in [0, 0.1) is 0 Å². The van der Waals surface area contributed by atoms with Crippen molar-refractivity contribution in [1.82, 2.24) is 10.2 Å². The highest BCUT2D eigenvalue weighted by molar-refractivity contribution is 6.05. The third-order valence-electron chi connectivity index (χ3n) is 3.12. The van der Waals surface area contributed by atoms with Crippen LogP contribution in [0.1, 0.15) is 33.6 Å². The van der Waals surface area contributed by atoms with E-state index in [0.717, 1.165) is 6.42 Å². The molecule has 3 unspecified atom stereocenters. The molecule has 5 heteroatoms. The van der Waals surface area contributed by atoms with Gasteiger partial charge in [-0.3, -0.25) is 14.5 Å². The van der Waals surface area contributed by atoms with Crippen LogP contribution in [0.2, 0.25) is 0 Å². The van der Waals surface area contributed by atoms with Gasteiger partial charge in [-0.1, -0.05) is 6.92 Å². The number of rotatable bonds is 6. The largest absolute Gasteiger partial charge is 0.383 e. The van der Waals surface area contributed by atoms with Crippen molar-refractivity contribution >= 4 is 11.8 Å². The Morgan fingerprint density at radius 1 is 1.47 bits per heavy atom. The molecule has 1 heterocycles. The molecule has 0 aromatic heterocycles. The normalized spacial score (nSPS) is 24.2. The van der Waals surface area contributed by atoms with Gasteiger partial charge >= 0.3 is 0 Å². The molecule has 1 aliphatic heterocycles. The summed E-state index contributed by atoms with van der Waals surface area (Å²) < 4.78 is 5.00. The van der Waals surface area contributed by atoms with Gasteiger partial charge in [0.1, 0.15) is 0 Å². The van der Waals surface area contributed by atoms with Crippen molar-refractivity contribution in [3.05, 3.63) is 0 Å². The zero-order valence-electron chi connectivity index (χ0n) is 11.0. The summed E-state index contributed by atoms with van der Waals surface area (Å²) in [5.41, 5.74) is 0. The summed E-state index contributed by atoms with van der Waals surface area (Å²) in [7, 11) is 1.62. The average molecular weight is 242 g/mol. The van der Waals surface area contributed by atoms with Gasteiger partial charge in [0.25, 0.3) is 0 Å². The SMILES string of the molecule is CCC(C)N1C(=O)CC(NC(C)COC)C1=O. The van der Waals surface area contributed by atoms with E-state index in [1.807, 2.05) is 20.8 Å². The first-order chi connectivity index (χ1) is 8.01. The van der Waals surface area contributed by atoms with Gasteiger partial charge in [-0.25, -0.2) is 0 Å². The fourth-order valence-electron chi connectivity index (χ4n) is 2.07. The number of hydrogen-bond donors (Lipinski definition) is 1.